The summed E-state index contributed by atoms with van der Waals surface area (Å²) in [6.07, 6.45) is 0.859. The molecule has 1 fully saturated rings. The van der Waals surface area contributed by atoms with Gasteiger partial charge in [-0.25, -0.2) is 0 Å². The summed E-state index contributed by atoms with van der Waals surface area (Å²) in [4.78, 5) is 11.9. The third kappa shape index (κ3) is 2.68. The predicted molar refractivity (Wildman–Crippen MR) is 64.1 cm³/mol. The Labute approximate surface area is 99.9 Å². The molecule has 1 aromatic rings. The van der Waals surface area contributed by atoms with Gasteiger partial charge in [-0.1, -0.05) is 0 Å². The van der Waals surface area contributed by atoms with Crippen LogP contribution in [0.2, 0.25) is 0 Å². The lowest BCUT2D eigenvalue weighted by Gasteiger charge is -2.12. The van der Waals surface area contributed by atoms with E-state index in [0.29, 0.717) is 30.2 Å². The summed E-state index contributed by atoms with van der Waals surface area (Å²) in [6.45, 7) is 1.29. The molecular weight excluding hydrogens is 220 g/mol. The topological polar surface area (TPSA) is 73.6 Å². The summed E-state index contributed by atoms with van der Waals surface area (Å²) in [5.74, 6) is 0.388. The second-order valence-electron chi connectivity index (χ2n) is 3.99. The molecule has 0 saturated carbocycles. The van der Waals surface area contributed by atoms with Gasteiger partial charge in [0.15, 0.2) is 0 Å². The van der Waals surface area contributed by atoms with Crippen molar-refractivity contribution in [3.8, 4) is 5.75 Å². The Kier molecular flexibility index (Phi) is 3.49. The average Bonchev–Trinajstić information content (AvgIpc) is 2.82. The Morgan fingerprint density at radius 2 is 2.41 bits per heavy atom. The number of rotatable bonds is 3. The van der Waals surface area contributed by atoms with Crippen molar-refractivity contribution < 1.29 is 14.3 Å². The van der Waals surface area contributed by atoms with E-state index in [4.69, 9.17) is 15.2 Å². The average molecular weight is 236 g/mol. The Morgan fingerprint density at radius 3 is 3.06 bits per heavy atom. The van der Waals surface area contributed by atoms with Gasteiger partial charge < -0.3 is 20.5 Å². The summed E-state index contributed by atoms with van der Waals surface area (Å²) >= 11 is 0. The molecule has 0 radical (unpaired) electrons. The number of nitrogen functional groups attached to an aromatic ring is 1. The van der Waals surface area contributed by atoms with Crippen molar-refractivity contribution in [3.05, 3.63) is 23.8 Å². The fourth-order valence-corrected chi connectivity index (χ4v) is 1.77. The number of hydrogen-bond acceptors (Lipinski definition) is 4. The number of carbonyl (C=O) groups is 1. The molecule has 0 unspecified atom stereocenters. The minimum atomic E-state index is -0.126. The van der Waals surface area contributed by atoms with E-state index >= 15 is 0 Å². The fourth-order valence-electron chi connectivity index (χ4n) is 1.77. The third-order valence-corrected chi connectivity index (χ3v) is 2.76. The van der Waals surface area contributed by atoms with Gasteiger partial charge >= 0.3 is 0 Å². The highest BCUT2D eigenvalue weighted by Gasteiger charge is 2.19. The van der Waals surface area contributed by atoms with Crippen molar-refractivity contribution in [1.29, 1.82) is 0 Å². The smallest absolute Gasteiger partial charge is 0.251 e. The zero-order chi connectivity index (χ0) is 12.3. The van der Waals surface area contributed by atoms with Crippen LogP contribution in [0.25, 0.3) is 0 Å². The van der Waals surface area contributed by atoms with Crippen LogP contribution in [0.5, 0.6) is 5.75 Å². The highest BCUT2D eigenvalue weighted by atomic mass is 16.5. The summed E-state index contributed by atoms with van der Waals surface area (Å²) in [6, 6.07) is 5.09. The van der Waals surface area contributed by atoms with E-state index in [1.807, 2.05) is 0 Å². The zero-order valence-corrected chi connectivity index (χ0v) is 9.73. The third-order valence-electron chi connectivity index (χ3n) is 2.76. The highest BCUT2D eigenvalue weighted by molar-refractivity contribution is 5.95. The molecule has 1 aliphatic heterocycles. The van der Waals surface area contributed by atoms with E-state index in [0.717, 1.165) is 6.42 Å². The van der Waals surface area contributed by atoms with Crippen molar-refractivity contribution in [2.75, 3.05) is 26.1 Å². The molecule has 1 aromatic carbocycles. The summed E-state index contributed by atoms with van der Waals surface area (Å²) in [5.41, 5.74) is 6.75. The van der Waals surface area contributed by atoms with Crippen LogP contribution in [-0.2, 0) is 4.74 Å². The van der Waals surface area contributed by atoms with Crippen LogP contribution >= 0.6 is 0 Å². The molecule has 1 saturated heterocycles. The van der Waals surface area contributed by atoms with Gasteiger partial charge in [0, 0.05) is 12.2 Å². The molecule has 5 heteroatoms. The lowest BCUT2D eigenvalue weighted by Crippen LogP contribution is -2.34. The van der Waals surface area contributed by atoms with Gasteiger partial charge in [0.2, 0.25) is 0 Å². The predicted octanol–water partition coefficient (Wildman–Crippen LogP) is 0.796. The molecule has 0 spiro atoms. The Morgan fingerprint density at radius 1 is 1.59 bits per heavy atom. The number of nitrogens with two attached hydrogens (primary N) is 1. The van der Waals surface area contributed by atoms with E-state index in [1.165, 1.54) is 7.11 Å². The number of nitrogens with one attached hydrogen (secondary N) is 1. The minimum Gasteiger partial charge on any atom is -0.495 e. The van der Waals surface area contributed by atoms with Crippen LogP contribution in [0.4, 0.5) is 5.69 Å². The van der Waals surface area contributed by atoms with Crippen molar-refractivity contribution in [2.24, 2.45) is 0 Å². The number of anilines is 1. The molecule has 5 nitrogen and oxygen atoms in total. The molecule has 1 aliphatic rings. The molecule has 0 aromatic heterocycles. The van der Waals surface area contributed by atoms with Gasteiger partial charge in [-0.2, -0.15) is 0 Å². The van der Waals surface area contributed by atoms with Crippen LogP contribution in [0.15, 0.2) is 18.2 Å². The van der Waals surface area contributed by atoms with Crippen molar-refractivity contribution in [3.63, 3.8) is 0 Å². The van der Waals surface area contributed by atoms with Crippen LogP contribution in [0.1, 0.15) is 16.8 Å². The Balaban J connectivity index is 2.07. The van der Waals surface area contributed by atoms with Crippen LogP contribution in [0, 0.1) is 0 Å². The first kappa shape index (κ1) is 11.7. The molecule has 17 heavy (non-hydrogen) atoms. The normalized spacial score (nSPS) is 19.0. The maximum absolute atomic E-state index is 11.9. The molecule has 92 valence electrons. The Bertz CT molecular complexity index is 414. The first-order chi connectivity index (χ1) is 8.20. The molecule has 2 rings (SSSR count). The quantitative estimate of drug-likeness (QED) is 0.761. The van der Waals surface area contributed by atoms with Crippen molar-refractivity contribution >= 4 is 11.6 Å². The largest absolute Gasteiger partial charge is 0.495 e. The Hall–Kier alpha value is -1.75. The number of hydrogen-bond donors (Lipinski definition) is 2. The molecule has 1 amide bonds. The number of amides is 1. The maximum Gasteiger partial charge on any atom is 0.251 e. The highest BCUT2D eigenvalue weighted by Crippen LogP contribution is 2.22. The second-order valence-corrected chi connectivity index (χ2v) is 3.99. The number of carbonyl (C=O) groups excluding carboxylic acids is 1. The molecule has 3 N–H and O–H groups in total. The molecule has 0 aliphatic carbocycles. The number of methoxy groups -OCH3 is 1. The van der Waals surface area contributed by atoms with Gasteiger partial charge in [-0.05, 0) is 24.6 Å². The maximum atomic E-state index is 11.9. The standard InChI is InChI=1S/C12H16N2O3/c1-16-11-6-8(2-3-10(11)13)12(15)14-9-4-5-17-7-9/h2-3,6,9H,4-5,7,13H2,1H3,(H,14,15)/t9-/m1/s1. The van der Waals surface area contributed by atoms with Crippen molar-refractivity contribution in [1.82, 2.24) is 5.32 Å². The molecule has 1 atom stereocenters. The first-order valence-electron chi connectivity index (χ1n) is 5.53. The minimum absolute atomic E-state index is 0.103. The van der Waals surface area contributed by atoms with Crippen molar-refractivity contribution in [2.45, 2.75) is 12.5 Å². The van der Waals surface area contributed by atoms with Gasteiger partial charge in [0.05, 0.1) is 25.4 Å². The van der Waals surface area contributed by atoms with Gasteiger partial charge in [0.1, 0.15) is 5.75 Å². The van der Waals surface area contributed by atoms with E-state index in [-0.39, 0.29) is 11.9 Å². The zero-order valence-electron chi connectivity index (χ0n) is 9.73. The second kappa shape index (κ2) is 5.05. The monoisotopic (exact) mass is 236 g/mol. The van der Waals surface area contributed by atoms with Crippen LogP contribution < -0.4 is 15.8 Å². The number of ether oxygens (including phenoxy) is 2. The van der Waals surface area contributed by atoms with E-state index < -0.39 is 0 Å². The summed E-state index contributed by atoms with van der Waals surface area (Å²) < 4.78 is 10.3. The summed E-state index contributed by atoms with van der Waals surface area (Å²) in [5, 5.41) is 2.91. The van der Waals surface area contributed by atoms with Gasteiger partial charge in [-0.15, -0.1) is 0 Å². The van der Waals surface area contributed by atoms with E-state index in [1.54, 1.807) is 18.2 Å². The fraction of sp³-hybridized carbons (Fsp3) is 0.417. The van der Waals surface area contributed by atoms with Crippen LogP contribution in [-0.4, -0.2) is 32.3 Å². The molecular formula is C12H16N2O3. The van der Waals surface area contributed by atoms with Gasteiger partial charge in [-0.3, -0.25) is 4.79 Å². The lowest BCUT2D eigenvalue weighted by atomic mass is 10.1. The first-order valence-corrected chi connectivity index (χ1v) is 5.53. The molecule has 1 heterocycles. The summed E-state index contributed by atoms with van der Waals surface area (Å²) in [7, 11) is 1.53. The lowest BCUT2D eigenvalue weighted by molar-refractivity contribution is 0.0929. The SMILES string of the molecule is COc1cc(C(=O)N[C@@H]2CCOC2)ccc1N. The van der Waals surface area contributed by atoms with Crippen LogP contribution in [0.3, 0.4) is 0 Å². The van der Waals surface area contributed by atoms with E-state index in [9.17, 15) is 4.79 Å². The molecule has 0 bridgehead atoms. The van der Waals surface area contributed by atoms with E-state index in [2.05, 4.69) is 5.32 Å². The number of benzene rings is 1. The van der Waals surface area contributed by atoms with Gasteiger partial charge in [0.25, 0.3) is 5.91 Å².